The number of hydrogen-bond acceptors (Lipinski definition) is 3. The van der Waals surface area contributed by atoms with E-state index >= 15 is 0 Å². The highest BCUT2D eigenvalue weighted by Crippen LogP contribution is 2.29. The molecule has 0 atom stereocenters. The molecule has 21 heavy (non-hydrogen) atoms. The molecule has 1 aromatic carbocycles. The summed E-state index contributed by atoms with van der Waals surface area (Å²) >= 11 is 0. The van der Waals surface area contributed by atoms with Gasteiger partial charge in [-0.15, -0.1) is 0 Å². The SMILES string of the molecule is N#Cc1cn(Cc2ccc(C(F)(F)F)cc2)c(=O)[nH]c1=O. The van der Waals surface area contributed by atoms with E-state index in [9.17, 15) is 22.8 Å². The highest BCUT2D eigenvalue weighted by Gasteiger charge is 2.29. The molecule has 0 saturated carbocycles. The molecular weight excluding hydrogens is 287 g/mol. The van der Waals surface area contributed by atoms with Gasteiger partial charge in [0.1, 0.15) is 11.6 Å². The van der Waals surface area contributed by atoms with E-state index in [-0.39, 0.29) is 12.1 Å². The van der Waals surface area contributed by atoms with Gasteiger partial charge < -0.3 is 0 Å². The number of nitriles is 1. The number of nitrogens with one attached hydrogen (secondary N) is 1. The van der Waals surface area contributed by atoms with Crippen LogP contribution >= 0.6 is 0 Å². The molecule has 1 N–H and O–H groups in total. The molecule has 0 saturated heterocycles. The Morgan fingerprint density at radius 1 is 1.19 bits per heavy atom. The lowest BCUT2D eigenvalue weighted by molar-refractivity contribution is -0.137. The summed E-state index contributed by atoms with van der Waals surface area (Å²) in [6.07, 6.45) is -3.36. The van der Waals surface area contributed by atoms with Crippen LogP contribution in [0.3, 0.4) is 0 Å². The van der Waals surface area contributed by atoms with Gasteiger partial charge in [0.25, 0.3) is 5.56 Å². The lowest BCUT2D eigenvalue weighted by atomic mass is 10.1. The summed E-state index contributed by atoms with van der Waals surface area (Å²) in [6.45, 7) is -0.0531. The van der Waals surface area contributed by atoms with Gasteiger partial charge in [-0.2, -0.15) is 18.4 Å². The van der Waals surface area contributed by atoms with Crippen LogP contribution in [0.2, 0.25) is 0 Å². The molecule has 0 fully saturated rings. The standard InChI is InChI=1S/C13H8F3N3O2/c14-13(15,16)10-3-1-8(2-4-10)6-19-7-9(5-17)11(20)18-12(19)21/h1-4,7H,6H2,(H,18,20,21). The second-order valence-electron chi connectivity index (χ2n) is 4.24. The van der Waals surface area contributed by atoms with Crippen molar-refractivity contribution in [2.45, 2.75) is 12.7 Å². The molecule has 108 valence electrons. The zero-order valence-electron chi connectivity index (χ0n) is 10.4. The van der Waals surface area contributed by atoms with Crippen LogP contribution in [-0.2, 0) is 12.7 Å². The fourth-order valence-corrected chi connectivity index (χ4v) is 1.70. The number of benzene rings is 1. The van der Waals surface area contributed by atoms with E-state index in [1.165, 1.54) is 12.1 Å². The second kappa shape index (κ2) is 5.28. The number of hydrogen-bond donors (Lipinski definition) is 1. The predicted octanol–water partition coefficient (Wildman–Crippen LogP) is 1.48. The Bertz CT molecular complexity index is 811. The first-order valence-corrected chi connectivity index (χ1v) is 5.71. The summed E-state index contributed by atoms with van der Waals surface area (Å²) in [5.74, 6) is 0. The molecule has 0 aliphatic carbocycles. The zero-order valence-corrected chi connectivity index (χ0v) is 10.4. The van der Waals surface area contributed by atoms with Crippen LogP contribution in [0.5, 0.6) is 0 Å². The zero-order chi connectivity index (χ0) is 15.6. The van der Waals surface area contributed by atoms with E-state index in [0.29, 0.717) is 5.56 Å². The molecule has 0 bridgehead atoms. The van der Waals surface area contributed by atoms with Gasteiger partial charge in [-0.25, -0.2) is 4.79 Å². The van der Waals surface area contributed by atoms with Crippen LogP contribution in [0, 0.1) is 11.3 Å². The Balaban J connectivity index is 2.33. The highest BCUT2D eigenvalue weighted by molar-refractivity contribution is 5.26. The molecular formula is C13H8F3N3O2. The minimum Gasteiger partial charge on any atom is -0.295 e. The third-order valence-electron chi connectivity index (χ3n) is 2.77. The van der Waals surface area contributed by atoms with Crippen molar-refractivity contribution in [1.29, 1.82) is 5.26 Å². The fraction of sp³-hybridized carbons (Fsp3) is 0.154. The smallest absolute Gasteiger partial charge is 0.295 e. The van der Waals surface area contributed by atoms with Gasteiger partial charge in [-0.3, -0.25) is 14.3 Å². The molecule has 0 aliphatic heterocycles. The molecule has 0 amide bonds. The molecule has 2 aromatic rings. The van der Waals surface area contributed by atoms with E-state index in [0.717, 1.165) is 22.9 Å². The second-order valence-corrected chi connectivity index (χ2v) is 4.24. The van der Waals surface area contributed by atoms with Crippen LogP contribution in [0.15, 0.2) is 40.1 Å². The van der Waals surface area contributed by atoms with Crippen molar-refractivity contribution >= 4 is 0 Å². The lowest BCUT2D eigenvalue weighted by Gasteiger charge is -2.09. The number of H-pyrrole nitrogens is 1. The maximum absolute atomic E-state index is 12.4. The Morgan fingerprint density at radius 3 is 2.33 bits per heavy atom. The van der Waals surface area contributed by atoms with Gasteiger partial charge in [-0.1, -0.05) is 12.1 Å². The van der Waals surface area contributed by atoms with Gasteiger partial charge in [0, 0.05) is 6.20 Å². The first kappa shape index (κ1) is 14.6. The monoisotopic (exact) mass is 295 g/mol. The molecule has 0 radical (unpaired) electrons. The maximum atomic E-state index is 12.4. The first-order chi connectivity index (χ1) is 9.81. The van der Waals surface area contributed by atoms with Gasteiger partial charge >= 0.3 is 11.9 Å². The Morgan fingerprint density at radius 2 is 1.81 bits per heavy atom. The summed E-state index contributed by atoms with van der Waals surface area (Å²) in [7, 11) is 0. The van der Waals surface area contributed by atoms with E-state index in [4.69, 9.17) is 5.26 Å². The van der Waals surface area contributed by atoms with Crippen molar-refractivity contribution in [3.63, 3.8) is 0 Å². The summed E-state index contributed by atoms with van der Waals surface area (Å²) < 4.78 is 38.3. The van der Waals surface area contributed by atoms with Crippen LogP contribution < -0.4 is 11.2 Å². The van der Waals surface area contributed by atoms with Gasteiger partial charge in [0.2, 0.25) is 0 Å². The molecule has 8 heteroatoms. The predicted molar refractivity (Wildman–Crippen MR) is 66.6 cm³/mol. The number of alkyl halides is 3. The normalized spacial score (nSPS) is 11.1. The minimum atomic E-state index is -4.43. The van der Waals surface area contributed by atoms with E-state index in [1.807, 2.05) is 4.98 Å². The lowest BCUT2D eigenvalue weighted by Crippen LogP contribution is -2.31. The topological polar surface area (TPSA) is 78.7 Å². The number of aromatic nitrogens is 2. The average molecular weight is 295 g/mol. The summed E-state index contributed by atoms with van der Waals surface area (Å²) in [5.41, 5.74) is -2.15. The summed E-state index contributed by atoms with van der Waals surface area (Å²) in [6, 6.07) is 5.88. The van der Waals surface area contributed by atoms with Gasteiger partial charge in [-0.05, 0) is 17.7 Å². The van der Waals surface area contributed by atoms with E-state index in [2.05, 4.69) is 0 Å². The molecule has 0 spiro atoms. The van der Waals surface area contributed by atoms with Crippen molar-refractivity contribution < 1.29 is 13.2 Å². The van der Waals surface area contributed by atoms with Gasteiger partial charge in [0.05, 0.1) is 12.1 Å². The van der Waals surface area contributed by atoms with E-state index in [1.54, 1.807) is 6.07 Å². The van der Waals surface area contributed by atoms with Crippen LogP contribution in [0.4, 0.5) is 13.2 Å². The van der Waals surface area contributed by atoms with Crippen LogP contribution in [0.1, 0.15) is 16.7 Å². The Labute approximate surface area is 115 Å². The first-order valence-electron chi connectivity index (χ1n) is 5.71. The van der Waals surface area contributed by atoms with Gasteiger partial charge in [0.15, 0.2) is 0 Å². The number of aromatic amines is 1. The van der Waals surface area contributed by atoms with Crippen molar-refractivity contribution in [2.75, 3.05) is 0 Å². The van der Waals surface area contributed by atoms with Crippen molar-refractivity contribution in [1.82, 2.24) is 9.55 Å². The minimum absolute atomic E-state index is 0.0531. The largest absolute Gasteiger partial charge is 0.416 e. The molecule has 2 rings (SSSR count). The molecule has 5 nitrogen and oxygen atoms in total. The summed E-state index contributed by atoms with van der Waals surface area (Å²) in [5, 5.41) is 8.72. The van der Waals surface area contributed by atoms with Crippen molar-refractivity contribution in [2.24, 2.45) is 0 Å². The van der Waals surface area contributed by atoms with E-state index < -0.39 is 23.0 Å². The molecule has 1 aromatic heterocycles. The maximum Gasteiger partial charge on any atom is 0.416 e. The Kier molecular flexibility index (Phi) is 3.67. The van der Waals surface area contributed by atoms with Crippen molar-refractivity contribution in [3.05, 3.63) is 68.0 Å². The third kappa shape index (κ3) is 3.20. The third-order valence-corrected chi connectivity index (χ3v) is 2.77. The number of rotatable bonds is 2. The van der Waals surface area contributed by atoms with Crippen LogP contribution in [-0.4, -0.2) is 9.55 Å². The van der Waals surface area contributed by atoms with Crippen LogP contribution in [0.25, 0.3) is 0 Å². The molecule has 1 heterocycles. The Hall–Kier alpha value is -2.82. The fourth-order valence-electron chi connectivity index (χ4n) is 1.70. The number of nitrogens with zero attached hydrogens (tertiary/aromatic N) is 2. The summed E-state index contributed by atoms with van der Waals surface area (Å²) in [4.78, 5) is 24.7. The quantitative estimate of drug-likeness (QED) is 0.911. The molecule has 0 aliphatic rings. The van der Waals surface area contributed by atoms with Crippen molar-refractivity contribution in [3.8, 4) is 6.07 Å². The molecule has 0 unspecified atom stereocenters. The highest BCUT2D eigenvalue weighted by atomic mass is 19.4. The average Bonchev–Trinajstić information content (AvgIpc) is 2.41. The number of halogens is 3.